The zero-order valence-electron chi connectivity index (χ0n) is 15.5. The van der Waals surface area contributed by atoms with Crippen LogP contribution in [0.2, 0.25) is 0 Å². The minimum Gasteiger partial charge on any atom is -0.308 e. The number of carbonyl (C=O) groups excluding carboxylic acids is 1. The van der Waals surface area contributed by atoms with Crippen LogP contribution in [0.4, 0.5) is 20.6 Å². The first-order valence-corrected chi connectivity index (χ1v) is 8.88. The number of anilines is 2. The van der Waals surface area contributed by atoms with Crippen LogP contribution < -0.4 is 10.6 Å². The number of amides is 2. The zero-order chi connectivity index (χ0) is 19.7. The number of urea groups is 1. The maximum atomic E-state index is 13.6. The van der Waals surface area contributed by atoms with Crippen LogP contribution in [-0.4, -0.2) is 15.4 Å². The van der Waals surface area contributed by atoms with E-state index < -0.39 is 6.03 Å². The molecule has 28 heavy (non-hydrogen) atoms. The molecule has 0 saturated heterocycles. The van der Waals surface area contributed by atoms with Crippen molar-refractivity contribution in [1.29, 1.82) is 0 Å². The largest absolute Gasteiger partial charge is 0.323 e. The number of nitrogens with zero attached hydrogens (tertiary/aromatic N) is 2. The van der Waals surface area contributed by atoms with Gasteiger partial charge < -0.3 is 15.0 Å². The number of hydrogen-bond donors (Lipinski definition) is 2. The van der Waals surface area contributed by atoms with E-state index in [0.29, 0.717) is 16.9 Å². The molecule has 2 aromatic carbocycles. The Morgan fingerprint density at radius 2 is 1.68 bits per heavy atom. The number of fused-ring (bicyclic) bond motifs is 1. The van der Waals surface area contributed by atoms with E-state index in [1.54, 1.807) is 19.1 Å². The van der Waals surface area contributed by atoms with E-state index in [1.807, 2.05) is 60.1 Å². The summed E-state index contributed by atoms with van der Waals surface area (Å²) < 4.78 is 15.6. The second-order valence-electron chi connectivity index (χ2n) is 6.67. The Kier molecular flexibility index (Phi) is 4.53. The molecule has 0 aliphatic rings. The summed E-state index contributed by atoms with van der Waals surface area (Å²) in [6, 6.07) is 15.6. The summed E-state index contributed by atoms with van der Waals surface area (Å²) in [6.07, 6.45) is 3.94. The Balaban J connectivity index is 1.47. The van der Waals surface area contributed by atoms with Crippen molar-refractivity contribution in [3.63, 3.8) is 0 Å². The van der Waals surface area contributed by atoms with Gasteiger partial charge in [0.1, 0.15) is 11.5 Å². The predicted molar refractivity (Wildman–Crippen MR) is 109 cm³/mol. The second kappa shape index (κ2) is 7.15. The minimum atomic E-state index is -0.431. The van der Waals surface area contributed by atoms with Crippen molar-refractivity contribution in [2.75, 3.05) is 10.6 Å². The molecular formula is C22H19FN4O. The van der Waals surface area contributed by atoms with Crippen LogP contribution in [0.1, 0.15) is 11.1 Å². The van der Waals surface area contributed by atoms with Gasteiger partial charge in [0.15, 0.2) is 0 Å². The minimum absolute atomic E-state index is 0.357. The van der Waals surface area contributed by atoms with E-state index in [9.17, 15) is 9.18 Å². The highest BCUT2D eigenvalue weighted by molar-refractivity contribution is 5.99. The number of aryl methyl sites for hydroxylation is 2. The van der Waals surface area contributed by atoms with Crippen molar-refractivity contribution >= 4 is 23.1 Å². The summed E-state index contributed by atoms with van der Waals surface area (Å²) in [5.41, 5.74) is 5.41. The molecule has 2 N–H and O–H groups in total. The first-order valence-electron chi connectivity index (χ1n) is 8.88. The van der Waals surface area contributed by atoms with E-state index in [1.165, 1.54) is 6.07 Å². The molecule has 0 fully saturated rings. The highest BCUT2D eigenvalue weighted by Gasteiger charge is 2.08. The van der Waals surface area contributed by atoms with E-state index >= 15 is 0 Å². The molecule has 140 valence electrons. The van der Waals surface area contributed by atoms with Crippen LogP contribution >= 0.6 is 0 Å². The average Bonchev–Trinajstić information content (AvgIpc) is 3.11. The van der Waals surface area contributed by atoms with Crippen LogP contribution in [-0.2, 0) is 0 Å². The van der Waals surface area contributed by atoms with Gasteiger partial charge in [0.05, 0.1) is 5.69 Å². The molecule has 0 atom stereocenters. The number of rotatable bonds is 3. The Morgan fingerprint density at radius 3 is 2.39 bits per heavy atom. The van der Waals surface area contributed by atoms with Gasteiger partial charge in [-0.15, -0.1) is 0 Å². The van der Waals surface area contributed by atoms with Gasteiger partial charge in [-0.05, 0) is 55.3 Å². The molecular weight excluding hydrogens is 355 g/mol. The Hall–Kier alpha value is -3.67. The molecule has 0 aliphatic heterocycles. The maximum Gasteiger partial charge on any atom is 0.323 e. The molecule has 4 aromatic rings. The fourth-order valence-corrected chi connectivity index (χ4v) is 2.98. The summed E-state index contributed by atoms with van der Waals surface area (Å²) in [4.78, 5) is 16.8. The van der Waals surface area contributed by atoms with Gasteiger partial charge in [-0.2, -0.15) is 0 Å². The molecule has 0 spiro atoms. The molecule has 2 heterocycles. The third kappa shape index (κ3) is 3.57. The van der Waals surface area contributed by atoms with Crippen molar-refractivity contribution in [1.82, 2.24) is 9.38 Å². The Morgan fingerprint density at radius 1 is 0.964 bits per heavy atom. The quantitative estimate of drug-likeness (QED) is 0.504. The number of carbonyl (C=O) groups is 1. The van der Waals surface area contributed by atoms with E-state index in [0.717, 1.165) is 22.5 Å². The molecule has 0 saturated carbocycles. The zero-order valence-corrected chi connectivity index (χ0v) is 15.5. The third-order valence-electron chi connectivity index (χ3n) is 4.55. The number of halogens is 1. The van der Waals surface area contributed by atoms with Crippen molar-refractivity contribution in [2.45, 2.75) is 13.8 Å². The highest BCUT2D eigenvalue weighted by Crippen LogP contribution is 2.22. The van der Waals surface area contributed by atoms with E-state index in [4.69, 9.17) is 0 Å². The molecule has 0 bridgehead atoms. The summed E-state index contributed by atoms with van der Waals surface area (Å²) in [7, 11) is 0. The number of benzene rings is 2. The molecule has 0 radical (unpaired) electrons. The van der Waals surface area contributed by atoms with Gasteiger partial charge in [-0.25, -0.2) is 14.2 Å². The van der Waals surface area contributed by atoms with Gasteiger partial charge in [-0.3, -0.25) is 0 Å². The van der Waals surface area contributed by atoms with Gasteiger partial charge in [-0.1, -0.05) is 24.3 Å². The lowest BCUT2D eigenvalue weighted by Crippen LogP contribution is -2.19. The summed E-state index contributed by atoms with van der Waals surface area (Å²) in [5, 5.41) is 5.36. The fraction of sp³-hybridized carbons (Fsp3) is 0.0909. The van der Waals surface area contributed by atoms with Crippen molar-refractivity contribution < 1.29 is 9.18 Å². The van der Waals surface area contributed by atoms with Crippen molar-refractivity contribution in [3.8, 4) is 11.3 Å². The van der Waals surface area contributed by atoms with Gasteiger partial charge in [0.2, 0.25) is 0 Å². The highest BCUT2D eigenvalue weighted by atomic mass is 19.1. The maximum absolute atomic E-state index is 13.6. The lowest BCUT2D eigenvalue weighted by atomic mass is 10.1. The van der Waals surface area contributed by atoms with Gasteiger partial charge >= 0.3 is 6.03 Å². The van der Waals surface area contributed by atoms with E-state index in [2.05, 4.69) is 15.6 Å². The number of hydrogen-bond acceptors (Lipinski definition) is 2. The second-order valence-corrected chi connectivity index (χ2v) is 6.67. The monoisotopic (exact) mass is 374 g/mol. The lowest BCUT2D eigenvalue weighted by molar-refractivity contribution is 0.262. The normalized spacial score (nSPS) is 10.8. The number of pyridine rings is 1. The van der Waals surface area contributed by atoms with Crippen LogP contribution in [0.5, 0.6) is 0 Å². The SMILES string of the molecule is Cc1ccc(NC(=O)Nc2ccc(-c3cn4cccc(C)c4n3)cc2)cc1F. The Bertz CT molecular complexity index is 1170. The lowest BCUT2D eigenvalue weighted by Gasteiger charge is -2.09. The van der Waals surface area contributed by atoms with Gasteiger partial charge in [0.25, 0.3) is 0 Å². The first kappa shape index (κ1) is 17.7. The molecule has 2 aromatic heterocycles. The van der Waals surface area contributed by atoms with Crippen molar-refractivity contribution in [2.24, 2.45) is 0 Å². The number of aromatic nitrogens is 2. The van der Waals surface area contributed by atoms with Crippen molar-refractivity contribution in [3.05, 3.63) is 83.9 Å². The average molecular weight is 374 g/mol. The number of nitrogens with one attached hydrogen (secondary N) is 2. The summed E-state index contributed by atoms with van der Waals surface area (Å²) >= 11 is 0. The number of imidazole rings is 1. The molecule has 4 rings (SSSR count). The van der Waals surface area contributed by atoms with E-state index in [-0.39, 0.29) is 5.82 Å². The molecule has 2 amide bonds. The van der Waals surface area contributed by atoms with Crippen LogP contribution in [0, 0.1) is 19.7 Å². The summed E-state index contributed by atoms with van der Waals surface area (Å²) in [6.45, 7) is 3.70. The molecule has 0 aliphatic carbocycles. The predicted octanol–water partition coefficient (Wildman–Crippen LogP) is 5.40. The molecule has 0 unspecified atom stereocenters. The molecule has 5 nitrogen and oxygen atoms in total. The van der Waals surface area contributed by atoms with Crippen LogP contribution in [0.15, 0.2) is 67.0 Å². The third-order valence-corrected chi connectivity index (χ3v) is 4.55. The smallest absolute Gasteiger partial charge is 0.308 e. The fourth-order valence-electron chi connectivity index (χ4n) is 2.98. The van der Waals surface area contributed by atoms with Gasteiger partial charge in [0, 0.05) is 29.3 Å². The Labute approximate surface area is 161 Å². The summed E-state index contributed by atoms with van der Waals surface area (Å²) in [5.74, 6) is -0.357. The molecule has 6 heteroatoms. The standard InChI is InChI=1S/C22H19FN4O/c1-14-5-8-18(12-19(14)23)25-22(28)24-17-9-6-16(7-10-17)20-13-27-11-3-4-15(2)21(27)26-20/h3-13H,1-2H3,(H2,24,25,28). The first-order chi connectivity index (χ1) is 13.5. The van der Waals surface area contributed by atoms with Crippen LogP contribution in [0.3, 0.4) is 0 Å². The van der Waals surface area contributed by atoms with Crippen LogP contribution in [0.25, 0.3) is 16.9 Å². The topological polar surface area (TPSA) is 58.4 Å².